The van der Waals surface area contributed by atoms with Crippen molar-refractivity contribution in [2.24, 2.45) is 16.1 Å². The second-order valence-electron chi connectivity index (χ2n) is 10.0. The Morgan fingerprint density at radius 1 is 1.05 bits per heavy atom. The van der Waals surface area contributed by atoms with Crippen LogP contribution in [0.25, 0.3) is 0 Å². The highest BCUT2D eigenvalue weighted by molar-refractivity contribution is 7.15. The van der Waals surface area contributed by atoms with E-state index in [1.165, 1.54) is 5.01 Å². The molecule has 1 unspecified atom stereocenters. The van der Waals surface area contributed by atoms with Crippen molar-refractivity contribution in [1.29, 1.82) is 0 Å². The van der Waals surface area contributed by atoms with Gasteiger partial charge in [-0.05, 0) is 49.1 Å². The highest BCUT2D eigenvalue weighted by atomic mass is 32.1. The van der Waals surface area contributed by atoms with Gasteiger partial charge in [0.15, 0.2) is 0 Å². The van der Waals surface area contributed by atoms with Crippen LogP contribution in [0.5, 0.6) is 0 Å². The van der Waals surface area contributed by atoms with E-state index in [2.05, 4.69) is 41.8 Å². The maximum Gasteiger partial charge on any atom is 0.281 e. The Morgan fingerprint density at radius 3 is 2.30 bits per heavy atom. The molecule has 37 heavy (non-hydrogen) atoms. The number of amides is 3. The lowest BCUT2D eigenvalue weighted by Crippen LogP contribution is -2.48. The maximum atomic E-state index is 13.2. The molecule has 1 aromatic carbocycles. The average molecular weight is 525 g/mol. The van der Waals surface area contributed by atoms with E-state index < -0.39 is 11.8 Å². The monoisotopic (exact) mass is 524 g/mol. The van der Waals surface area contributed by atoms with Crippen molar-refractivity contribution in [1.82, 2.24) is 15.9 Å². The molecule has 196 valence electrons. The molecule has 2 aliphatic rings. The molecule has 1 atom stereocenters. The van der Waals surface area contributed by atoms with Gasteiger partial charge in [-0.2, -0.15) is 15.2 Å². The first-order valence-corrected chi connectivity index (χ1v) is 12.9. The SMILES string of the molecule is CC1=NN(c2ccc(C(C)(C)C)cc2)C(=O)C1/C(C)=N/NC(=O)c1ccc(C(=O)NN2CCOCC2)s1. The summed E-state index contributed by atoms with van der Waals surface area (Å²) in [6.45, 7) is 12.2. The molecule has 2 aliphatic heterocycles. The third kappa shape index (κ3) is 6.12. The van der Waals surface area contributed by atoms with Gasteiger partial charge in [0.1, 0.15) is 5.92 Å². The summed E-state index contributed by atoms with van der Waals surface area (Å²) in [5, 5.41) is 11.8. The molecule has 11 heteroatoms. The van der Waals surface area contributed by atoms with Crippen molar-refractivity contribution >= 4 is 46.2 Å². The predicted molar refractivity (Wildman–Crippen MR) is 144 cm³/mol. The van der Waals surface area contributed by atoms with Gasteiger partial charge < -0.3 is 4.74 Å². The zero-order valence-corrected chi connectivity index (χ0v) is 22.5. The highest BCUT2D eigenvalue weighted by Gasteiger charge is 2.36. The van der Waals surface area contributed by atoms with Crippen LogP contribution >= 0.6 is 11.3 Å². The predicted octanol–water partition coefficient (Wildman–Crippen LogP) is 3.17. The normalized spacial score (nSPS) is 19.1. The number of nitrogens with one attached hydrogen (secondary N) is 2. The van der Waals surface area contributed by atoms with Gasteiger partial charge in [0.05, 0.1) is 40.1 Å². The van der Waals surface area contributed by atoms with Crippen molar-refractivity contribution in [3.63, 3.8) is 0 Å². The zero-order valence-electron chi connectivity index (χ0n) is 21.7. The molecule has 0 spiro atoms. The van der Waals surface area contributed by atoms with Crippen LogP contribution in [0.15, 0.2) is 46.6 Å². The number of hydrogen-bond acceptors (Lipinski definition) is 8. The summed E-state index contributed by atoms with van der Waals surface area (Å²) in [7, 11) is 0. The summed E-state index contributed by atoms with van der Waals surface area (Å²) < 4.78 is 5.28. The van der Waals surface area contributed by atoms with E-state index in [1.54, 1.807) is 31.0 Å². The Bertz CT molecular complexity index is 1240. The molecule has 4 rings (SSSR count). The van der Waals surface area contributed by atoms with Gasteiger partial charge >= 0.3 is 0 Å². The largest absolute Gasteiger partial charge is 0.379 e. The summed E-state index contributed by atoms with van der Waals surface area (Å²) in [6.07, 6.45) is 0. The van der Waals surface area contributed by atoms with Crippen LogP contribution in [0.1, 0.15) is 59.5 Å². The second-order valence-corrected chi connectivity index (χ2v) is 11.1. The van der Waals surface area contributed by atoms with E-state index >= 15 is 0 Å². The molecule has 10 nitrogen and oxygen atoms in total. The number of anilines is 1. The number of thiophene rings is 1. The fraction of sp³-hybridized carbons (Fsp3) is 0.423. The molecule has 0 bridgehead atoms. The summed E-state index contributed by atoms with van der Waals surface area (Å²) >= 11 is 1.07. The lowest BCUT2D eigenvalue weighted by molar-refractivity contribution is -0.118. The van der Waals surface area contributed by atoms with E-state index in [0.717, 1.165) is 16.9 Å². The Balaban J connectivity index is 1.37. The number of nitrogens with zero attached hydrogens (tertiary/aromatic N) is 4. The molecule has 2 aromatic rings. The fourth-order valence-electron chi connectivity index (χ4n) is 4.05. The van der Waals surface area contributed by atoms with Gasteiger partial charge in [-0.25, -0.2) is 10.4 Å². The van der Waals surface area contributed by atoms with Gasteiger partial charge in [-0.1, -0.05) is 32.9 Å². The molecule has 0 radical (unpaired) electrons. The minimum atomic E-state index is -0.666. The minimum Gasteiger partial charge on any atom is -0.379 e. The van der Waals surface area contributed by atoms with E-state index in [4.69, 9.17) is 4.74 Å². The van der Waals surface area contributed by atoms with E-state index in [0.29, 0.717) is 53.2 Å². The number of rotatable bonds is 6. The molecular formula is C26H32N6O4S. The Kier molecular flexibility index (Phi) is 7.86. The van der Waals surface area contributed by atoms with Gasteiger partial charge in [0.2, 0.25) is 0 Å². The summed E-state index contributed by atoms with van der Waals surface area (Å²) in [5.41, 5.74) is 8.20. The summed E-state index contributed by atoms with van der Waals surface area (Å²) in [5.74, 6) is -1.62. The molecule has 1 fully saturated rings. The first-order valence-electron chi connectivity index (χ1n) is 12.1. The van der Waals surface area contributed by atoms with Crippen LogP contribution in [-0.4, -0.2) is 60.5 Å². The minimum absolute atomic E-state index is 0.00654. The Morgan fingerprint density at radius 2 is 1.68 bits per heavy atom. The van der Waals surface area contributed by atoms with Gasteiger partial charge in [0.25, 0.3) is 17.7 Å². The molecule has 1 aromatic heterocycles. The van der Waals surface area contributed by atoms with Crippen LogP contribution < -0.4 is 15.9 Å². The van der Waals surface area contributed by atoms with Gasteiger partial charge in [0, 0.05) is 13.1 Å². The van der Waals surface area contributed by atoms with Crippen LogP contribution in [0.4, 0.5) is 5.69 Å². The Labute approximate surface area is 220 Å². The van der Waals surface area contributed by atoms with Gasteiger partial charge in [-0.3, -0.25) is 19.8 Å². The summed E-state index contributed by atoms with van der Waals surface area (Å²) in [6, 6.07) is 10.9. The van der Waals surface area contributed by atoms with Gasteiger partial charge in [-0.15, -0.1) is 11.3 Å². The van der Waals surface area contributed by atoms with E-state index in [-0.39, 0.29) is 17.2 Å². The van der Waals surface area contributed by atoms with Crippen LogP contribution in [0.2, 0.25) is 0 Å². The lowest BCUT2D eigenvalue weighted by atomic mass is 9.87. The fourth-order valence-corrected chi connectivity index (χ4v) is 4.83. The molecule has 2 N–H and O–H groups in total. The van der Waals surface area contributed by atoms with Crippen LogP contribution in [0.3, 0.4) is 0 Å². The third-order valence-corrected chi connectivity index (χ3v) is 7.27. The molecular weight excluding hydrogens is 492 g/mol. The molecule has 1 saturated heterocycles. The number of carbonyl (C=O) groups excluding carboxylic acids is 3. The van der Waals surface area contributed by atoms with E-state index in [9.17, 15) is 14.4 Å². The molecule has 3 amide bonds. The van der Waals surface area contributed by atoms with Crippen molar-refractivity contribution < 1.29 is 19.1 Å². The smallest absolute Gasteiger partial charge is 0.281 e. The first-order chi connectivity index (χ1) is 17.5. The molecule has 0 saturated carbocycles. The standard InChI is InChI=1S/C26H32N6O4S/c1-16(22-17(2)29-32(25(22)35)19-8-6-18(7-9-19)26(3,4)5)27-28-23(33)20-10-11-21(37-20)24(34)30-31-12-14-36-15-13-31/h6-11,22H,12-15H2,1-5H3,(H,28,33)(H,30,34)/b27-16+. The summed E-state index contributed by atoms with van der Waals surface area (Å²) in [4.78, 5) is 39.1. The van der Waals surface area contributed by atoms with Crippen molar-refractivity contribution in [2.45, 2.75) is 40.0 Å². The lowest BCUT2D eigenvalue weighted by Gasteiger charge is -2.26. The molecule has 0 aliphatic carbocycles. The van der Waals surface area contributed by atoms with E-state index in [1.807, 2.05) is 24.3 Å². The number of ether oxygens (including phenoxy) is 1. The quantitative estimate of drug-likeness (QED) is 0.445. The number of morpholine rings is 1. The Hall–Kier alpha value is -3.41. The van der Waals surface area contributed by atoms with Crippen LogP contribution in [-0.2, 0) is 14.9 Å². The topological polar surface area (TPSA) is 116 Å². The maximum absolute atomic E-state index is 13.2. The third-order valence-electron chi connectivity index (χ3n) is 6.19. The highest BCUT2D eigenvalue weighted by Crippen LogP contribution is 2.28. The van der Waals surface area contributed by atoms with Crippen LogP contribution in [0, 0.1) is 5.92 Å². The zero-order chi connectivity index (χ0) is 26.7. The number of hydrazine groups is 1. The number of benzene rings is 1. The average Bonchev–Trinajstić information content (AvgIpc) is 3.47. The van der Waals surface area contributed by atoms with Crippen molar-refractivity contribution in [3.05, 3.63) is 51.7 Å². The van der Waals surface area contributed by atoms with Crippen molar-refractivity contribution in [3.8, 4) is 0 Å². The first kappa shape index (κ1) is 26.6. The number of hydrazone groups is 2. The number of hydrogen-bond donors (Lipinski definition) is 2. The molecule has 3 heterocycles. The van der Waals surface area contributed by atoms with Crippen molar-refractivity contribution in [2.75, 3.05) is 31.3 Å². The second kappa shape index (κ2) is 10.9. The number of carbonyl (C=O) groups is 3.